The minimum atomic E-state index is -4.36. The fourth-order valence-corrected chi connectivity index (χ4v) is 3.75. The number of hydrogen-bond acceptors (Lipinski definition) is 5. The maximum absolute atomic E-state index is 12.7. The van der Waals surface area contributed by atoms with Crippen LogP contribution in [0.5, 0.6) is 6.01 Å². The molecule has 2 heterocycles. The smallest absolute Gasteiger partial charge is 0.416 e. The Morgan fingerprint density at radius 3 is 2.19 bits per heavy atom. The number of nitrogens with zero attached hydrogens (tertiary/aromatic N) is 3. The zero-order valence-electron chi connectivity index (χ0n) is 19.1. The first-order chi connectivity index (χ1) is 17.2. The molecule has 36 heavy (non-hydrogen) atoms. The molecule has 7 nitrogen and oxygen atoms in total. The molecule has 1 aliphatic rings. The third-order valence-electron chi connectivity index (χ3n) is 5.44. The Morgan fingerprint density at radius 2 is 1.61 bits per heavy atom. The van der Waals surface area contributed by atoms with Gasteiger partial charge in [0.15, 0.2) is 6.23 Å². The van der Waals surface area contributed by atoms with E-state index in [-0.39, 0.29) is 18.6 Å². The molecule has 0 fully saturated rings. The summed E-state index contributed by atoms with van der Waals surface area (Å²) in [4.78, 5) is 21.9. The number of alkyl halides is 3. The normalized spacial score (nSPS) is 15.9. The lowest BCUT2D eigenvalue weighted by molar-refractivity contribution is -0.137. The van der Waals surface area contributed by atoms with Crippen molar-refractivity contribution in [1.29, 1.82) is 0 Å². The molecule has 3 aromatic rings. The number of urea groups is 1. The van der Waals surface area contributed by atoms with E-state index in [4.69, 9.17) is 21.1 Å². The molecule has 1 atom stereocenters. The second kappa shape index (κ2) is 11.0. The van der Waals surface area contributed by atoms with E-state index in [0.29, 0.717) is 29.2 Å². The van der Waals surface area contributed by atoms with Crippen molar-refractivity contribution in [3.63, 3.8) is 0 Å². The van der Waals surface area contributed by atoms with Crippen molar-refractivity contribution in [1.82, 2.24) is 20.2 Å². The number of amides is 2. The first-order valence-corrected chi connectivity index (χ1v) is 11.3. The number of nitrogens with one attached hydrogen (secondary N) is 1. The van der Waals surface area contributed by atoms with E-state index in [0.717, 1.165) is 23.3 Å². The summed E-state index contributed by atoms with van der Waals surface area (Å²) in [6, 6.07) is 12.3. The lowest BCUT2D eigenvalue weighted by Crippen LogP contribution is -2.48. The van der Waals surface area contributed by atoms with Gasteiger partial charge in [0.1, 0.15) is 0 Å². The third kappa shape index (κ3) is 6.32. The van der Waals surface area contributed by atoms with Gasteiger partial charge in [-0.25, -0.2) is 14.8 Å². The van der Waals surface area contributed by atoms with Crippen molar-refractivity contribution in [2.45, 2.75) is 25.4 Å². The highest BCUT2D eigenvalue weighted by Gasteiger charge is 2.30. The molecule has 1 unspecified atom stereocenters. The van der Waals surface area contributed by atoms with Crippen LogP contribution in [-0.2, 0) is 23.9 Å². The third-order valence-corrected chi connectivity index (χ3v) is 5.73. The molecule has 11 heteroatoms. The number of hydrogen-bond donors (Lipinski definition) is 1. The van der Waals surface area contributed by atoms with Gasteiger partial charge in [-0.15, -0.1) is 0 Å². The second-order valence-electron chi connectivity index (χ2n) is 7.94. The van der Waals surface area contributed by atoms with Crippen molar-refractivity contribution in [2.24, 2.45) is 0 Å². The molecule has 188 valence electrons. The van der Waals surface area contributed by atoms with Crippen molar-refractivity contribution < 1.29 is 27.4 Å². The average Bonchev–Trinajstić information content (AvgIpc) is 2.87. The maximum Gasteiger partial charge on any atom is 0.416 e. The lowest BCUT2D eigenvalue weighted by Gasteiger charge is -2.29. The van der Waals surface area contributed by atoms with Gasteiger partial charge in [-0.2, -0.15) is 13.2 Å². The van der Waals surface area contributed by atoms with E-state index in [2.05, 4.69) is 15.3 Å². The Morgan fingerprint density at radius 1 is 1.00 bits per heavy atom. The summed E-state index contributed by atoms with van der Waals surface area (Å²) in [5, 5.41) is 3.03. The van der Waals surface area contributed by atoms with Crippen LogP contribution in [0.25, 0.3) is 11.1 Å². The van der Waals surface area contributed by atoms with Crippen molar-refractivity contribution in [2.75, 3.05) is 13.7 Å². The SMILES string of the molecule is COc1ncc(CN2C=C(Cl)C(OCCc3ccc(-c4ccc(C(F)(F)F)cc4)cc3)NC2=O)cn1. The van der Waals surface area contributed by atoms with Gasteiger partial charge in [-0.1, -0.05) is 48.0 Å². The van der Waals surface area contributed by atoms with Crippen molar-refractivity contribution in [3.05, 3.63) is 88.8 Å². The van der Waals surface area contributed by atoms with Crippen LogP contribution in [0.3, 0.4) is 0 Å². The lowest BCUT2D eigenvalue weighted by atomic mass is 10.0. The molecule has 1 aliphatic heterocycles. The van der Waals surface area contributed by atoms with Crippen LogP contribution in [0.15, 0.2) is 72.2 Å². The van der Waals surface area contributed by atoms with Gasteiger partial charge in [0.05, 0.1) is 30.9 Å². The molecule has 1 N–H and O–H groups in total. The summed E-state index contributed by atoms with van der Waals surface area (Å²) in [5.74, 6) is 0. The summed E-state index contributed by atoms with van der Waals surface area (Å²) in [5.41, 5.74) is 2.49. The molecule has 0 saturated carbocycles. The first kappa shape index (κ1) is 25.5. The highest BCUT2D eigenvalue weighted by molar-refractivity contribution is 6.30. The Labute approximate surface area is 210 Å². The van der Waals surface area contributed by atoms with Crippen LogP contribution in [0, 0.1) is 0 Å². The molecule has 0 spiro atoms. The largest absolute Gasteiger partial charge is 0.467 e. The number of methoxy groups -OCH3 is 1. The van der Waals surface area contributed by atoms with E-state index in [1.165, 1.54) is 30.3 Å². The standard InChI is InChI=1S/C25H22ClF3N4O3/c1-35-23-30-12-17(13-31-23)14-33-15-21(26)22(32-24(33)34)36-11-10-16-2-4-18(5-3-16)19-6-8-20(9-7-19)25(27,28)29/h2-9,12-13,15,22H,10-11,14H2,1H3,(H,32,34). The van der Waals surface area contributed by atoms with Crippen LogP contribution in [0.2, 0.25) is 0 Å². The molecule has 0 bridgehead atoms. The summed E-state index contributed by atoms with van der Waals surface area (Å²) >= 11 is 6.32. The molecule has 0 radical (unpaired) electrons. The predicted molar refractivity (Wildman–Crippen MR) is 127 cm³/mol. The van der Waals surface area contributed by atoms with Gasteiger partial charge in [0, 0.05) is 24.2 Å². The molecular weight excluding hydrogens is 497 g/mol. The zero-order valence-corrected chi connectivity index (χ0v) is 19.9. The topological polar surface area (TPSA) is 76.6 Å². The number of rotatable bonds is 8. The van der Waals surface area contributed by atoms with Gasteiger partial charge < -0.3 is 14.8 Å². The molecular formula is C25H22ClF3N4O3. The van der Waals surface area contributed by atoms with Crippen molar-refractivity contribution in [3.8, 4) is 17.1 Å². The highest BCUT2D eigenvalue weighted by atomic mass is 35.5. The summed E-state index contributed by atoms with van der Waals surface area (Å²) < 4.78 is 48.9. The van der Waals surface area contributed by atoms with E-state index < -0.39 is 18.0 Å². The van der Waals surface area contributed by atoms with Gasteiger partial charge in [0.2, 0.25) is 0 Å². The number of carbonyl (C=O) groups is 1. The molecule has 2 aromatic carbocycles. The fraction of sp³-hybridized carbons (Fsp3) is 0.240. The van der Waals surface area contributed by atoms with E-state index in [1.807, 2.05) is 24.3 Å². The number of carbonyl (C=O) groups excluding carboxylic acids is 1. The quantitative estimate of drug-likeness (QED) is 0.434. The van der Waals surface area contributed by atoms with Crippen LogP contribution >= 0.6 is 11.6 Å². The molecule has 2 amide bonds. The van der Waals surface area contributed by atoms with Crippen LogP contribution in [-0.4, -0.2) is 40.8 Å². The van der Waals surface area contributed by atoms with E-state index >= 15 is 0 Å². The monoisotopic (exact) mass is 518 g/mol. The highest BCUT2D eigenvalue weighted by Crippen LogP contribution is 2.31. The Balaban J connectivity index is 1.29. The Hall–Kier alpha value is -3.63. The minimum absolute atomic E-state index is 0.226. The molecule has 1 aromatic heterocycles. The van der Waals surface area contributed by atoms with Gasteiger partial charge in [0.25, 0.3) is 0 Å². The molecule has 0 aliphatic carbocycles. The number of aromatic nitrogens is 2. The number of halogens is 4. The minimum Gasteiger partial charge on any atom is -0.467 e. The summed E-state index contributed by atoms with van der Waals surface area (Å²) in [7, 11) is 1.47. The second-order valence-corrected chi connectivity index (χ2v) is 8.38. The zero-order chi connectivity index (χ0) is 25.7. The van der Waals surface area contributed by atoms with Crippen LogP contribution in [0.4, 0.5) is 18.0 Å². The summed E-state index contributed by atoms with van der Waals surface area (Å²) in [6.45, 7) is 0.519. The van der Waals surface area contributed by atoms with E-state index in [9.17, 15) is 18.0 Å². The fourth-order valence-electron chi connectivity index (χ4n) is 3.51. The van der Waals surface area contributed by atoms with Gasteiger partial charge >= 0.3 is 18.2 Å². The summed E-state index contributed by atoms with van der Waals surface area (Å²) in [6.07, 6.45) is 0.0554. The van der Waals surface area contributed by atoms with E-state index in [1.54, 1.807) is 12.4 Å². The number of benzene rings is 2. The van der Waals surface area contributed by atoms with Gasteiger partial charge in [-0.05, 0) is 35.2 Å². The van der Waals surface area contributed by atoms with Gasteiger partial charge in [-0.3, -0.25) is 4.90 Å². The average molecular weight is 519 g/mol. The molecule has 0 saturated heterocycles. The number of ether oxygens (including phenoxy) is 2. The molecule has 4 rings (SSSR count). The van der Waals surface area contributed by atoms with Crippen molar-refractivity contribution >= 4 is 17.6 Å². The van der Waals surface area contributed by atoms with Crippen LogP contribution in [0.1, 0.15) is 16.7 Å². The maximum atomic E-state index is 12.7. The predicted octanol–water partition coefficient (Wildman–Crippen LogP) is 5.36. The van der Waals surface area contributed by atoms with Crippen LogP contribution < -0.4 is 10.1 Å². The Bertz CT molecular complexity index is 1220. The first-order valence-electron chi connectivity index (χ1n) is 10.9. The Kier molecular flexibility index (Phi) is 7.76.